The number of amides is 2. The number of anilines is 1. The smallest absolute Gasteiger partial charge is 0.325 e. The number of aromatic nitrogens is 2. The summed E-state index contributed by atoms with van der Waals surface area (Å²) in [5.74, 6) is -4.52. The van der Waals surface area contributed by atoms with Crippen LogP contribution in [-0.4, -0.2) is 44.5 Å². The van der Waals surface area contributed by atoms with E-state index in [-0.39, 0.29) is 11.3 Å². The summed E-state index contributed by atoms with van der Waals surface area (Å²) >= 11 is 1.43. The zero-order chi connectivity index (χ0) is 29.1. The fourth-order valence-corrected chi connectivity index (χ4v) is 5.45. The number of carbonyl (C=O) groups is 4. The fraction of sp³-hybridized carbons (Fsp3) is 0.133. The predicted octanol–water partition coefficient (Wildman–Crippen LogP) is 4.31. The number of thioether (sulfide) groups is 1. The van der Waals surface area contributed by atoms with Crippen molar-refractivity contribution < 1.29 is 24.3 Å². The third kappa shape index (κ3) is 5.46. The van der Waals surface area contributed by atoms with Gasteiger partial charge in [-0.3, -0.25) is 19.2 Å². The molecule has 10 nitrogen and oxygen atoms in total. The van der Waals surface area contributed by atoms with Crippen molar-refractivity contribution in [3.63, 3.8) is 0 Å². The van der Waals surface area contributed by atoms with E-state index in [1.165, 1.54) is 18.7 Å². The molecule has 0 fully saturated rings. The van der Waals surface area contributed by atoms with Crippen LogP contribution in [0.4, 0.5) is 5.69 Å². The second kappa shape index (κ2) is 11.5. The molecule has 204 valence electrons. The zero-order valence-corrected chi connectivity index (χ0v) is 22.5. The van der Waals surface area contributed by atoms with Crippen molar-refractivity contribution in [2.45, 2.75) is 23.6 Å². The predicted molar refractivity (Wildman–Crippen MR) is 152 cm³/mol. The number of hydrogen-bond donors (Lipinski definition) is 3. The topological polar surface area (TPSA) is 154 Å². The molecule has 1 aliphatic heterocycles. The van der Waals surface area contributed by atoms with Crippen molar-refractivity contribution in [3.05, 3.63) is 95.7 Å². The largest absolute Gasteiger partial charge is 0.480 e. The van der Waals surface area contributed by atoms with Gasteiger partial charge in [0.25, 0.3) is 5.91 Å². The molecule has 2 heterocycles. The summed E-state index contributed by atoms with van der Waals surface area (Å²) in [6.07, 6.45) is 0. The standard InChI is InChI=1S/C30H23N5O5S/c1-17(30(39)40)32-28(37)18-12-13-24-21(14-18)26-23(16-41-24)25(34-35(26)20-10-6-3-7-11-20)27(36)22(15-31)29(38)33-19-8-4-2-5-9-19/h2-14,17,22H,16H2,1H3,(H,32,37)(H,33,38)(H,39,40)/t17-,22?/m0/s1. The van der Waals surface area contributed by atoms with E-state index in [0.717, 1.165) is 4.90 Å². The molecule has 0 saturated heterocycles. The van der Waals surface area contributed by atoms with Crippen LogP contribution in [0.2, 0.25) is 0 Å². The Balaban J connectivity index is 1.59. The maximum Gasteiger partial charge on any atom is 0.325 e. The number of nitrogens with one attached hydrogen (secondary N) is 2. The first-order valence-corrected chi connectivity index (χ1v) is 13.5. The highest BCUT2D eigenvalue weighted by atomic mass is 32.2. The number of carbonyl (C=O) groups excluding carboxylic acids is 3. The Morgan fingerprint density at radius 1 is 1.02 bits per heavy atom. The van der Waals surface area contributed by atoms with E-state index in [1.54, 1.807) is 65.3 Å². The van der Waals surface area contributed by atoms with Crippen LogP contribution in [0.1, 0.15) is 33.3 Å². The van der Waals surface area contributed by atoms with Crippen LogP contribution in [0.25, 0.3) is 16.9 Å². The molecule has 3 N–H and O–H groups in total. The normalized spacial score (nSPS) is 13.1. The lowest BCUT2D eigenvalue weighted by Crippen LogP contribution is -2.38. The summed E-state index contributed by atoms with van der Waals surface area (Å²) in [7, 11) is 0. The Kier molecular flexibility index (Phi) is 7.67. The van der Waals surface area contributed by atoms with Crippen LogP contribution in [0.5, 0.6) is 0 Å². The van der Waals surface area contributed by atoms with Gasteiger partial charge in [-0.15, -0.1) is 11.8 Å². The number of Topliss-reactive ketones (excluding diaryl/α,β-unsaturated/α-hetero) is 1. The molecule has 5 rings (SSSR count). The van der Waals surface area contributed by atoms with Crippen molar-refractivity contribution in [1.29, 1.82) is 5.26 Å². The summed E-state index contributed by atoms with van der Waals surface area (Å²) < 4.78 is 1.58. The van der Waals surface area contributed by atoms with Gasteiger partial charge in [0, 0.05) is 33.0 Å². The molecular weight excluding hydrogens is 542 g/mol. The van der Waals surface area contributed by atoms with E-state index in [0.29, 0.717) is 33.9 Å². The Morgan fingerprint density at radius 3 is 2.37 bits per heavy atom. The number of nitriles is 1. The van der Waals surface area contributed by atoms with E-state index in [1.807, 2.05) is 24.3 Å². The van der Waals surface area contributed by atoms with Gasteiger partial charge in [-0.05, 0) is 49.4 Å². The molecule has 3 aromatic carbocycles. The van der Waals surface area contributed by atoms with Gasteiger partial charge < -0.3 is 15.7 Å². The van der Waals surface area contributed by atoms with Crippen LogP contribution in [0.15, 0.2) is 83.8 Å². The van der Waals surface area contributed by atoms with E-state index in [9.17, 15) is 29.5 Å². The monoisotopic (exact) mass is 565 g/mol. The first kappa shape index (κ1) is 27.4. The Morgan fingerprint density at radius 2 is 1.71 bits per heavy atom. The maximum absolute atomic E-state index is 13.7. The SMILES string of the molecule is C[C@H](NC(=O)c1ccc2c(c1)-c1c(c(C(=O)C(C#N)C(=O)Nc3ccccc3)nn1-c1ccccc1)CS2)C(=O)O. The molecule has 11 heteroatoms. The first-order valence-electron chi connectivity index (χ1n) is 12.6. The van der Waals surface area contributed by atoms with Gasteiger partial charge in [0.2, 0.25) is 11.7 Å². The summed E-state index contributed by atoms with van der Waals surface area (Å²) in [5, 5.41) is 28.7. The average molecular weight is 566 g/mol. The molecule has 2 atom stereocenters. The number of aliphatic carboxylic acids is 1. The van der Waals surface area contributed by atoms with Crippen molar-refractivity contribution in [1.82, 2.24) is 15.1 Å². The van der Waals surface area contributed by atoms with Gasteiger partial charge in [0.1, 0.15) is 11.7 Å². The van der Waals surface area contributed by atoms with Crippen molar-refractivity contribution >= 4 is 41.0 Å². The Bertz CT molecular complexity index is 1710. The number of rotatable bonds is 8. The van der Waals surface area contributed by atoms with Gasteiger partial charge >= 0.3 is 5.97 Å². The quantitative estimate of drug-likeness (QED) is 0.211. The Labute approximate surface area is 239 Å². The molecule has 0 spiro atoms. The number of benzene rings is 3. The molecule has 41 heavy (non-hydrogen) atoms. The molecule has 0 aliphatic carbocycles. The number of ketones is 1. The molecule has 1 unspecified atom stereocenters. The molecule has 1 aliphatic rings. The lowest BCUT2D eigenvalue weighted by atomic mass is 9.96. The van der Waals surface area contributed by atoms with Gasteiger partial charge in [-0.2, -0.15) is 10.4 Å². The summed E-state index contributed by atoms with van der Waals surface area (Å²) in [5.41, 5.74) is 3.01. The highest BCUT2D eigenvalue weighted by Gasteiger charge is 2.36. The second-order valence-corrected chi connectivity index (χ2v) is 10.3. The van der Waals surface area contributed by atoms with Crippen LogP contribution in [-0.2, 0) is 15.3 Å². The number of fused-ring (bicyclic) bond motifs is 3. The summed E-state index contributed by atoms with van der Waals surface area (Å²) in [6, 6.07) is 23.3. The first-order chi connectivity index (χ1) is 19.8. The number of carboxylic acid groups (broad SMARTS) is 1. The lowest BCUT2D eigenvalue weighted by Gasteiger charge is -2.20. The lowest BCUT2D eigenvalue weighted by molar-refractivity contribution is -0.138. The minimum Gasteiger partial charge on any atom is -0.480 e. The third-order valence-electron chi connectivity index (χ3n) is 6.50. The molecule has 0 saturated carbocycles. The van der Waals surface area contributed by atoms with Crippen LogP contribution < -0.4 is 10.6 Å². The van der Waals surface area contributed by atoms with Crippen LogP contribution >= 0.6 is 11.8 Å². The molecule has 2 amide bonds. The van der Waals surface area contributed by atoms with Gasteiger partial charge in [0.15, 0.2) is 5.92 Å². The van der Waals surface area contributed by atoms with Gasteiger partial charge in [-0.25, -0.2) is 4.68 Å². The molecule has 0 bridgehead atoms. The van der Waals surface area contributed by atoms with E-state index in [4.69, 9.17) is 0 Å². The summed E-state index contributed by atoms with van der Waals surface area (Å²) in [6.45, 7) is 1.37. The van der Waals surface area contributed by atoms with E-state index in [2.05, 4.69) is 15.7 Å². The molecule has 1 aromatic heterocycles. The second-order valence-electron chi connectivity index (χ2n) is 9.24. The Hall–Kier alpha value is -5.21. The van der Waals surface area contributed by atoms with E-state index < -0.39 is 35.5 Å². The van der Waals surface area contributed by atoms with Gasteiger partial charge in [0.05, 0.1) is 17.5 Å². The van der Waals surface area contributed by atoms with Crippen molar-refractivity contribution in [3.8, 4) is 23.0 Å². The number of nitrogens with zero attached hydrogens (tertiary/aromatic N) is 3. The number of hydrogen-bond acceptors (Lipinski definition) is 7. The van der Waals surface area contributed by atoms with Gasteiger partial charge in [-0.1, -0.05) is 36.4 Å². The van der Waals surface area contributed by atoms with Crippen LogP contribution in [0, 0.1) is 17.2 Å². The van der Waals surface area contributed by atoms with Crippen LogP contribution in [0.3, 0.4) is 0 Å². The highest BCUT2D eigenvalue weighted by Crippen LogP contribution is 2.44. The molecular formula is C30H23N5O5S. The molecule has 0 radical (unpaired) electrons. The zero-order valence-electron chi connectivity index (χ0n) is 21.7. The molecule has 4 aromatic rings. The van der Waals surface area contributed by atoms with E-state index >= 15 is 0 Å². The van der Waals surface area contributed by atoms with Crippen molar-refractivity contribution in [2.24, 2.45) is 5.92 Å². The number of para-hydroxylation sites is 2. The maximum atomic E-state index is 13.7. The minimum atomic E-state index is -1.64. The third-order valence-corrected chi connectivity index (χ3v) is 7.60. The highest BCUT2D eigenvalue weighted by molar-refractivity contribution is 7.98. The average Bonchev–Trinajstić information content (AvgIpc) is 3.38. The minimum absolute atomic E-state index is 0.00822. The van der Waals surface area contributed by atoms with Crippen molar-refractivity contribution in [2.75, 3.05) is 5.32 Å². The number of carboxylic acids is 1. The summed E-state index contributed by atoms with van der Waals surface area (Å²) in [4.78, 5) is 51.6. The fourth-order valence-electron chi connectivity index (χ4n) is 4.40.